The average Bonchev–Trinajstić information content (AvgIpc) is 3.22. The molecule has 0 fully saturated rings. The molecule has 0 radical (unpaired) electrons. The van der Waals surface area contributed by atoms with Gasteiger partial charge in [0.25, 0.3) is 11.2 Å². The van der Waals surface area contributed by atoms with Crippen molar-refractivity contribution in [1.82, 2.24) is 30.4 Å². The van der Waals surface area contributed by atoms with Crippen molar-refractivity contribution in [3.8, 4) is 11.3 Å². The maximum atomic E-state index is 13.4. The molecule has 4 aromatic rings. The van der Waals surface area contributed by atoms with E-state index in [0.29, 0.717) is 16.8 Å². The summed E-state index contributed by atoms with van der Waals surface area (Å²) >= 11 is 0. The average molecular weight is 406 g/mol. The van der Waals surface area contributed by atoms with Gasteiger partial charge in [0.2, 0.25) is 5.95 Å². The fraction of sp³-hybridized carbons (Fsp3) is 0.0556. The van der Waals surface area contributed by atoms with E-state index in [1.807, 2.05) is 0 Å². The van der Waals surface area contributed by atoms with Gasteiger partial charge in [-0.05, 0) is 40.8 Å². The van der Waals surface area contributed by atoms with Gasteiger partial charge in [-0.2, -0.15) is 9.78 Å². The molecule has 1 aliphatic heterocycles. The van der Waals surface area contributed by atoms with Crippen LogP contribution in [0.4, 0.5) is 21.7 Å². The largest absolute Gasteiger partial charge is 0.318 e. The lowest BCUT2D eigenvalue weighted by molar-refractivity contribution is -0.385. The zero-order chi connectivity index (χ0) is 20.8. The summed E-state index contributed by atoms with van der Waals surface area (Å²) < 4.78 is 14.8. The number of nitro benzene ring substituents is 1. The Bertz CT molecular complexity index is 1350. The second kappa shape index (κ2) is 6.55. The molecule has 148 valence electrons. The van der Waals surface area contributed by atoms with Crippen LogP contribution in [0.25, 0.3) is 11.3 Å². The van der Waals surface area contributed by atoms with E-state index in [1.165, 1.54) is 35.0 Å². The Labute approximate surface area is 166 Å². The summed E-state index contributed by atoms with van der Waals surface area (Å²) in [6.07, 6.45) is 0. The minimum absolute atomic E-state index is 0.106. The van der Waals surface area contributed by atoms with E-state index in [-0.39, 0.29) is 22.9 Å². The van der Waals surface area contributed by atoms with Crippen LogP contribution in [0.2, 0.25) is 0 Å². The van der Waals surface area contributed by atoms with Gasteiger partial charge in [0, 0.05) is 17.2 Å². The maximum absolute atomic E-state index is 13.4. The molecule has 0 unspecified atom stereocenters. The second-order valence-electron chi connectivity index (χ2n) is 6.49. The zero-order valence-corrected chi connectivity index (χ0v) is 15.0. The minimum atomic E-state index is -0.914. The molecular weight excluding hydrogens is 395 g/mol. The number of para-hydroxylation sites is 1. The van der Waals surface area contributed by atoms with Crippen molar-refractivity contribution in [2.24, 2.45) is 0 Å². The molecule has 1 aliphatic rings. The number of nitrogens with zero attached hydrogens (tertiary/aromatic N) is 6. The first-order chi connectivity index (χ1) is 14.5. The topological polar surface area (TPSA) is 145 Å². The molecule has 1 atom stereocenters. The number of fused-ring (bicyclic) bond motifs is 2. The summed E-state index contributed by atoms with van der Waals surface area (Å²) in [7, 11) is 0. The van der Waals surface area contributed by atoms with Crippen LogP contribution in [-0.4, -0.2) is 35.3 Å². The van der Waals surface area contributed by atoms with Crippen LogP contribution in [0.1, 0.15) is 17.2 Å². The van der Waals surface area contributed by atoms with Crippen LogP contribution in [0.5, 0.6) is 0 Å². The summed E-state index contributed by atoms with van der Waals surface area (Å²) in [6, 6.07) is 10.7. The number of rotatable bonds is 3. The normalized spacial score (nSPS) is 14.5. The predicted octanol–water partition coefficient (Wildman–Crippen LogP) is 2.17. The molecule has 0 bridgehead atoms. The number of nitrogens with one attached hydrogen (secondary N) is 2. The van der Waals surface area contributed by atoms with E-state index >= 15 is 0 Å². The lowest BCUT2D eigenvalue weighted by Gasteiger charge is -2.27. The number of hydrogen-bond acceptors (Lipinski definition) is 8. The minimum Gasteiger partial charge on any atom is -0.318 e. The lowest BCUT2D eigenvalue weighted by atomic mass is 9.91. The van der Waals surface area contributed by atoms with Crippen LogP contribution in [0.3, 0.4) is 0 Å². The molecule has 5 rings (SSSR count). The van der Waals surface area contributed by atoms with Gasteiger partial charge in [-0.1, -0.05) is 17.2 Å². The Morgan fingerprint density at radius 2 is 1.90 bits per heavy atom. The Kier molecular flexibility index (Phi) is 3.84. The lowest BCUT2D eigenvalue weighted by Crippen LogP contribution is -2.29. The van der Waals surface area contributed by atoms with Gasteiger partial charge in [0.05, 0.1) is 16.2 Å². The Hall–Kier alpha value is -4.48. The molecule has 2 N–H and O–H groups in total. The Morgan fingerprint density at radius 3 is 2.67 bits per heavy atom. The molecule has 0 amide bonds. The van der Waals surface area contributed by atoms with Crippen LogP contribution in [0, 0.1) is 15.9 Å². The molecule has 0 spiro atoms. The third-order valence-corrected chi connectivity index (χ3v) is 4.81. The molecule has 30 heavy (non-hydrogen) atoms. The third kappa shape index (κ3) is 2.62. The molecule has 11 nitrogen and oxygen atoms in total. The highest BCUT2D eigenvalue weighted by molar-refractivity contribution is 5.76. The monoisotopic (exact) mass is 406 g/mol. The standard InChI is InChI=1S/C18H11FN8O3/c19-10-7-5-9(6-8-10)14-13-15(17(28)22-21-14)20-18-23-24-25-26(18)16(13)11-3-1-2-4-12(11)27(29)30/h1-8,16H,(H,22,28)(H,20,23,25)/t16-/m0/s1. The first-order valence-corrected chi connectivity index (χ1v) is 8.71. The van der Waals surface area contributed by atoms with E-state index < -0.39 is 22.3 Å². The fourth-order valence-corrected chi connectivity index (χ4v) is 3.54. The summed E-state index contributed by atoms with van der Waals surface area (Å²) in [5.41, 5.74) is 0.812. The summed E-state index contributed by atoms with van der Waals surface area (Å²) in [4.78, 5) is 23.8. The second-order valence-corrected chi connectivity index (χ2v) is 6.49. The van der Waals surface area contributed by atoms with Crippen molar-refractivity contribution in [2.75, 3.05) is 5.32 Å². The number of anilines is 2. The highest BCUT2D eigenvalue weighted by Gasteiger charge is 2.37. The van der Waals surface area contributed by atoms with Crippen LogP contribution < -0.4 is 10.9 Å². The first-order valence-electron chi connectivity index (χ1n) is 8.71. The predicted molar refractivity (Wildman–Crippen MR) is 102 cm³/mol. The number of H-pyrrole nitrogens is 1. The number of nitro groups is 1. The van der Waals surface area contributed by atoms with Gasteiger partial charge in [0.15, 0.2) is 0 Å². The number of aromatic nitrogens is 6. The van der Waals surface area contributed by atoms with Crippen molar-refractivity contribution in [1.29, 1.82) is 0 Å². The summed E-state index contributed by atoms with van der Waals surface area (Å²) in [5, 5.41) is 32.5. The molecule has 2 aromatic carbocycles. The van der Waals surface area contributed by atoms with Crippen molar-refractivity contribution in [3.05, 3.63) is 85.9 Å². The molecule has 3 heterocycles. The number of halogens is 1. The quantitative estimate of drug-likeness (QED) is 0.343. The smallest absolute Gasteiger partial charge is 0.288 e. The van der Waals surface area contributed by atoms with E-state index in [1.54, 1.807) is 18.2 Å². The van der Waals surface area contributed by atoms with Crippen LogP contribution in [-0.2, 0) is 0 Å². The van der Waals surface area contributed by atoms with E-state index in [9.17, 15) is 19.3 Å². The van der Waals surface area contributed by atoms with Crippen molar-refractivity contribution < 1.29 is 9.31 Å². The van der Waals surface area contributed by atoms with Crippen LogP contribution in [0.15, 0.2) is 53.3 Å². The van der Waals surface area contributed by atoms with E-state index in [4.69, 9.17) is 0 Å². The molecule has 12 heteroatoms. The van der Waals surface area contributed by atoms with Gasteiger partial charge in [-0.25, -0.2) is 9.49 Å². The number of tetrazole rings is 1. The number of benzene rings is 2. The highest BCUT2D eigenvalue weighted by atomic mass is 19.1. The molecular formula is C18H11FN8O3. The maximum Gasteiger partial charge on any atom is 0.288 e. The third-order valence-electron chi connectivity index (χ3n) is 4.81. The fourth-order valence-electron chi connectivity index (χ4n) is 3.54. The van der Waals surface area contributed by atoms with Gasteiger partial charge < -0.3 is 5.32 Å². The molecule has 2 aromatic heterocycles. The Morgan fingerprint density at radius 1 is 1.13 bits per heavy atom. The summed E-state index contributed by atoms with van der Waals surface area (Å²) in [6.45, 7) is 0. The number of hydrogen-bond donors (Lipinski definition) is 2. The number of aromatic amines is 1. The van der Waals surface area contributed by atoms with E-state index in [2.05, 4.69) is 31.0 Å². The van der Waals surface area contributed by atoms with Gasteiger partial charge >= 0.3 is 0 Å². The van der Waals surface area contributed by atoms with Crippen molar-refractivity contribution in [3.63, 3.8) is 0 Å². The Balaban J connectivity index is 1.85. The SMILES string of the molecule is O=c1[nH]nc(-c2ccc(F)cc2)c2c1Nc1nnnn1[C@H]2c1ccccc1[N+](=O)[O-]. The van der Waals surface area contributed by atoms with Gasteiger partial charge in [0.1, 0.15) is 17.5 Å². The molecule has 0 aliphatic carbocycles. The van der Waals surface area contributed by atoms with Gasteiger partial charge in [-0.15, -0.1) is 0 Å². The summed E-state index contributed by atoms with van der Waals surface area (Å²) in [5.74, 6) is -0.291. The van der Waals surface area contributed by atoms with E-state index in [0.717, 1.165) is 0 Å². The van der Waals surface area contributed by atoms with Crippen molar-refractivity contribution >= 4 is 17.3 Å². The van der Waals surface area contributed by atoms with Crippen molar-refractivity contribution in [2.45, 2.75) is 6.04 Å². The van der Waals surface area contributed by atoms with Gasteiger partial charge in [-0.3, -0.25) is 14.9 Å². The molecule has 0 saturated heterocycles. The molecule has 0 saturated carbocycles. The highest BCUT2D eigenvalue weighted by Crippen LogP contribution is 2.43. The zero-order valence-electron chi connectivity index (χ0n) is 15.0. The first kappa shape index (κ1) is 17.6. The van der Waals surface area contributed by atoms with Crippen LogP contribution >= 0.6 is 0 Å².